The summed E-state index contributed by atoms with van der Waals surface area (Å²) in [5, 5.41) is 20.7. The second-order valence-electron chi connectivity index (χ2n) is 30.7. The van der Waals surface area contributed by atoms with E-state index in [4.69, 9.17) is 32.3 Å². The molecule has 0 aliphatic carbocycles. The topological polar surface area (TPSA) is 231 Å². The molecule has 0 aliphatic rings. The molecule has 0 spiro atoms. The van der Waals surface area contributed by atoms with Gasteiger partial charge in [0.05, 0.1) is 26.4 Å². The molecular formula is C97H168O16P2. The predicted molar refractivity (Wildman–Crippen MR) is 482 cm³/mol. The fourth-order valence-electron chi connectivity index (χ4n) is 12.6. The number of ether oxygens (including phenoxy) is 3. The minimum Gasteiger partial charge on any atom is -0.463 e. The maximum absolute atomic E-state index is 13.0. The largest absolute Gasteiger partial charge is 0.472 e. The molecule has 0 aliphatic heterocycles. The molecule has 0 aromatic rings. The van der Waals surface area contributed by atoms with Crippen LogP contribution in [0, 0.1) is 0 Å². The number of aliphatic hydroxyl groups is 2. The van der Waals surface area contributed by atoms with Gasteiger partial charge < -0.3 is 34.2 Å². The number of aliphatic hydroxyl groups excluding tert-OH is 2. The Hall–Kier alpha value is -4.57. The van der Waals surface area contributed by atoms with Gasteiger partial charge in [-0.25, -0.2) is 9.13 Å². The summed E-state index contributed by atoms with van der Waals surface area (Å²) in [6, 6.07) is 0. The Kier molecular flexibility index (Phi) is 85.2. The van der Waals surface area contributed by atoms with E-state index < -0.39 is 91.5 Å². The molecule has 0 bridgehead atoms. The lowest BCUT2D eigenvalue weighted by Gasteiger charge is -2.21. The van der Waals surface area contributed by atoms with E-state index >= 15 is 0 Å². The molecule has 0 heterocycles. The molecule has 0 radical (unpaired) electrons. The van der Waals surface area contributed by atoms with Crippen LogP contribution in [-0.4, -0.2) is 95.9 Å². The molecule has 4 N–H and O–H groups in total. The summed E-state index contributed by atoms with van der Waals surface area (Å²) >= 11 is 0. The minimum atomic E-state index is -4.93. The molecule has 0 aromatic heterocycles. The molecule has 5 atom stereocenters. The zero-order valence-electron chi connectivity index (χ0n) is 72.9. The van der Waals surface area contributed by atoms with Crippen LogP contribution in [0.25, 0.3) is 0 Å². The van der Waals surface area contributed by atoms with Gasteiger partial charge in [0.25, 0.3) is 0 Å². The van der Waals surface area contributed by atoms with Crippen LogP contribution in [0.15, 0.2) is 146 Å². The lowest BCUT2D eigenvalue weighted by Crippen LogP contribution is -2.30. The summed E-state index contributed by atoms with van der Waals surface area (Å²) in [7, 11) is -9.79. The Morgan fingerprint density at radius 2 is 0.461 bits per heavy atom. The van der Waals surface area contributed by atoms with E-state index in [9.17, 15) is 43.5 Å². The molecular weight excluding hydrogens is 1480 g/mol. The first-order chi connectivity index (χ1) is 56.2. The van der Waals surface area contributed by atoms with Crippen molar-refractivity contribution >= 4 is 33.6 Å². The van der Waals surface area contributed by atoms with Crippen molar-refractivity contribution in [2.75, 3.05) is 39.6 Å². The Balaban J connectivity index is 4.31. The molecule has 16 nitrogen and oxygen atoms in total. The fourth-order valence-corrected chi connectivity index (χ4v) is 14.2. The van der Waals surface area contributed by atoms with Crippen molar-refractivity contribution in [3.05, 3.63) is 146 Å². The number of carbonyl (C=O) groups is 3. The summed E-state index contributed by atoms with van der Waals surface area (Å²) in [6.07, 6.45) is 112. The smallest absolute Gasteiger partial charge is 0.463 e. The number of hydrogen-bond donors (Lipinski definition) is 4. The lowest BCUT2D eigenvalue weighted by atomic mass is 10.0. The third kappa shape index (κ3) is 90.0. The Bertz CT molecular complexity index is 2670. The highest BCUT2D eigenvalue weighted by molar-refractivity contribution is 7.47. The zero-order chi connectivity index (χ0) is 83.6. The number of allylic oxidation sites excluding steroid dienone is 24. The van der Waals surface area contributed by atoms with E-state index in [1.54, 1.807) is 0 Å². The average Bonchev–Trinajstić information content (AvgIpc) is 0.901. The van der Waals surface area contributed by atoms with Gasteiger partial charge in [0, 0.05) is 19.3 Å². The van der Waals surface area contributed by atoms with E-state index in [0.717, 1.165) is 148 Å². The summed E-state index contributed by atoms with van der Waals surface area (Å²) in [5.74, 6) is -1.57. The monoisotopic (exact) mass is 1650 g/mol. The fraction of sp³-hybridized carbons (Fsp3) is 0.722. The lowest BCUT2D eigenvalue weighted by molar-refractivity contribution is -0.161. The number of unbranched alkanes of at least 4 members (excludes halogenated alkanes) is 40. The highest BCUT2D eigenvalue weighted by atomic mass is 31.2. The summed E-state index contributed by atoms with van der Waals surface area (Å²) in [5.41, 5.74) is 0. The molecule has 0 saturated carbocycles. The van der Waals surface area contributed by atoms with Crippen molar-refractivity contribution in [3.8, 4) is 0 Å². The van der Waals surface area contributed by atoms with Crippen LogP contribution in [0.3, 0.4) is 0 Å². The summed E-state index contributed by atoms with van der Waals surface area (Å²) in [6.45, 7) is 2.45. The molecule has 115 heavy (non-hydrogen) atoms. The molecule has 0 aromatic carbocycles. The van der Waals surface area contributed by atoms with Gasteiger partial charge in [0.15, 0.2) is 6.10 Å². The zero-order valence-corrected chi connectivity index (χ0v) is 74.7. The van der Waals surface area contributed by atoms with Crippen molar-refractivity contribution in [1.82, 2.24) is 0 Å². The van der Waals surface area contributed by atoms with Gasteiger partial charge in [-0.3, -0.25) is 32.5 Å². The number of phosphoric ester groups is 2. The third-order valence-corrected chi connectivity index (χ3v) is 21.4. The van der Waals surface area contributed by atoms with Crippen molar-refractivity contribution < 1.29 is 75.8 Å². The van der Waals surface area contributed by atoms with Gasteiger partial charge in [-0.1, -0.05) is 385 Å². The van der Waals surface area contributed by atoms with Crippen LogP contribution in [0.1, 0.15) is 393 Å². The summed E-state index contributed by atoms with van der Waals surface area (Å²) < 4.78 is 61.3. The first-order valence-corrected chi connectivity index (χ1v) is 49.1. The van der Waals surface area contributed by atoms with E-state index in [2.05, 4.69) is 167 Å². The van der Waals surface area contributed by atoms with Gasteiger partial charge in [-0.2, -0.15) is 0 Å². The highest BCUT2D eigenvalue weighted by Gasteiger charge is 2.29. The van der Waals surface area contributed by atoms with E-state index in [1.165, 1.54) is 186 Å². The standard InChI is InChI=1S/C97H168O16P2/c1-4-7-10-13-16-19-22-24-26-28-30-32-34-36-38-40-42-44-45-47-49-50-52-54-56-58-60-62-64-66-69-71-74-77-80-83-95(100)107-86-92(98)87-109-114(103,104)110-88-93(99)89-111-115(105,106)112-91-94(113-97(102)85-82-79-76-73-68-21-18-15-12-9-6-3)90-108-96(101)84-81-78-75-72-70-67-65-63-61-59-57-55-53-51-48-46-43-41-39-37-35-33-31-29-27-25-23-20-17-14-11-8-5-2/h7-8,10-11,15-20,24-27,30-33,36-39,42,44,92-94,98-99H,4-6,9,12-14,21-23,28-29,34-35,40-41,43,45-91H2,1-3H3,(H,103,104)(H,105,106)/b10-7-,11-8-,18-15-,19-16-,20-17-,26-24-,27-25-,32-30-,33-31-,38-36-,39-37-,44-42-. The van der Waals surface area contributed by atoms with Gasteiger partial charge in [-0.15, -0.1) is 0 Å². The number of phosphoric acid groups is 2. The second-order valence-corrected chi connectivity index (χ2v) is 33.6. The third-order valence-electron chi connectivity index (χ3n) is 19.5. The number of carbonyl (C=O) groups excluding carboxylic acids is 3. The van der Waals surface area contributed by atoms with Crippen LogP contribution in [0.5, 0.6) is 0 Å². The van der Waals surface area contributed by atoms with E-state index in [1.807, 2.05) is 0 Å². The molecule has 0 rings (SSSR count). The van der Waals surface area contributed by atoms with E-state index in [-0.39, 0.29) is 19.3 Å². The van der Waals surface area contributed by atoms with Crippen LogP contribution < -0.4 is 0 Å². The molecule has 0 amide bonds. The van der Waals surface area contributed by atoms with Gasteiger partial charge in [-0.05, 0) is 135 Å². The molecule has 18 heteroatoms. The predicted octanol–water partition coefficient (Wildman–Crippen LogP) is 28.3. The van der Waals surface area contributed by atoms with Crippen LogP contribution >= 0.6 is 15.6 Å². The van der Waals surface area contributed by atoms with Crippen molar-refractivity contribution in [3.63, 3.8) is 0 Å². The average molecular weight is 1650 g/mol. The van der Waals surface area contributed by atoms with Crippen LogP contribution in [0.4, 0.5) is 0 Å². The van der Waals surface area contributed by atoms with Crippen LogP contribution in [-0.2, 0) is 55.8 Å². The maximum atomic E-state index is 13.0. The van der Waals surface area contributed by atoms with Gasteiger partial charge in [0.1, 0.15) is 25.4 Å². The maximum Gasteiger partial charge on any atom is 0.472 e. The van der Waals surface area contributed by atoms with Gasteiger partial charge >= 0.3 is 33.6 Å². The SMILES string of the molecule is CC/C=C\C/C=C\C/C=C\C/C=C\C/C=C\C/C=C\CCCCCCCCCCCCCCCCCCC(=O)OCC(O)COP(=O)(O)OCC(O)COP(=O)(O)OCC(COC(=O)CCCCCCCCCCCCCCCCCCC/C=C\C/C=C\C/C=C\C/C=C\C/C=C\CC)OC(=O)CCCCCCC/C=C\CCCC. The molecule has 662 valence electrons. The Morgan fingerprint density at radius 1 is 0.252 bits per heavy atom. The second kappa shape index (κ2) is 88.7. The van der Waals surface area contributed by atoms with Gasteiger partial charge in [0.2, 0.25) is 0 Å². The first kappa shape index (κ1) is 110. The number of esters is 3. The Labute approximate surface area is 702 Å². The van der Waals surface area contributed by atoms with Crippen molar-refractivity contribution in [1.29, 1.82) is 0 Å². The summed E-state index contributed by atoms with van der Waals surface area (Å²) in [4.78, 5) is 58.8. The molecule has 5 unspecified atom stereocenters. The van der Waals surface area contributed by atoms with Crippen molar-refractivity contribution in [2.24, 2.45) is 0 Å². The van der Waals surface area contributed by atoms with Crippen LogP contribution in [0.2, 0.25) is 0 Å². The number of rotatable bonds is 87. The normalized spacial score (nSPS) is 14.5. The quantitative estimate of drug-likeness (QED) is 0.0146. The molecule has 0 saturated heterocycles. The first-order valence-electron chi connectivity index (χ1n) is 46.1. The van der Waals surface area contributed by atoms with E-state index in [0.29, 0.717) is 19.3 Å². The molecule has 0 fully saturated rings. The van der Waals surface area contributed by atoms with Crippen molar-refractivity contribution in [2.45, 2.75) is 411 Å². The minimum absolute atomic E-state index is 0.0948. The number of hydrogen-bond acceptors (Lipinski definition) is 14. The Morgan fingerprint density at radius 3 is 0.739 bits per heavy atom. The highest BCUT2D eigenvalue weighted by Crippen LogP contribution is 2.45.